The van der Waals surface area contributed by atoms with Crippen LogP contribution in [0.1, 0.15) is 63.4 Å². The number of carboxylic acids is 1. The van der Waals surface area contributed by atoms with Gasteiger partial charge < -0.3 is 21.7 Å². The van der Waals surface area contributed by atoms with Crippen LogP contribution in [0.15, 0.2) is 51.4 Å². The van der Waals surface area contributed by atoms with Gasteiger partial charge >= 0.3 is 12.0 Å². The van der Waals surface area contributed by atoms with E-state index in [2.05, 4.69) is 65.5 Å². The molecule has 0 aliphatic carbocycles. The zero-order chi connectivity index (χ0) is 33.4. The second-order valence-electron chi connectivity index (χ2n) is 11.8. The third-order valence-corrected chi connectivity index (χ3v) is 6.10. The Morgan fingerprint density at radius 3 is 1.65 bits per heavy atom. The minimum Gasteiger partial charge on any atom is -0.479 e. The summed E-state index contributed by atoms with van der Waals surface area (Å²) < 4.78 is 2.36. The largest absolute Gasteiger partial charge is 0.479 e. The van der Waals surface area contributed by atoms with E-state index in [1.807, 2.05) is 41.5 Å². The maximum atomic E-state index is 11.1. The molecule has 5 heterocycles. The van der Waals surface area contributed by atoms with Crippen molar-refractivity contribution in [1.82, 2.24) is 54.4 Å². The summed E-state index contributed by atoms with van der Waals surface area (Å²) in [6.07, 6.45) is 6.63. The molecule has 0 saturated carbocycles. The molecule has 6 N–H and O–H groups in total. The van der Waals surface area contributed by atoms with Crippen LogP contribution in [-0.4, -0.2) is 70.6 Å². The molecule has 0 radical (unpaired) electrons. The number of carbonyl (C=O) groups is 1. The number of aromatic hydroxyl groups is 1. The van der Waals surface area contributed by atoms with Crippen LogP contribution >= 0.6 is 0 Å². The summed E-state index contributed by atoms with van der Waals surface area (Å²) in [4.78, 5) is 39.4. The number of aromatic carboxylic acids is 1. The number of nitrogen functional groups attached to an aromatic ring is 2. The first-order chi connectivity index (χ1) is 21.6. The minimum absolute atomic E-state index is 0.0254. The van der Waals surface area contributed by atoms with Gasteiger partial charge in [-0.3, -0.25) is 4.98 Å². The number of anilines is 2. The van der Waals surface area contributed by atoms with Gasteiger partial charge in [0, 0.05) is 23.2 Å². The number of rotatable bonds is 7. The van der Waals surface area contributed by atoms with Crippen molar-refractivity contribution in [2.45, 2.75) is 52.4 Å². The standard InChI is InChI=1S/C26H29N17O3/c1-25(2,3)17-15(38-36-13-10-29-7-8-30-13)19(27)42(40-17)22-33-23(35-24(46)34-22)43-20(28)16(18(41-43)26(4,5)6)39-37-14-11-31-12(9-32-14)21(44)45/h7-11H,27-28H2,1-6H3,(H,44,45)(H,33,34,35,46). The topological polar surface area (TPSA) is 285 Å². The van der Waals surface area contributed by atoms with Crippen LogP contribution in [-0.2, 0) is 10.8 Å². The van der Waals surface area contributed by atoms with Crippen molar-refractivity contribution in [1.29, 1.82) is 0 Å². The number of aromatic nitrogens is 11. The molecule has 0 amide bonds. The number of nitrogens with two attached hydrogens (primary N) is 2. The predicted molar refractivity (Wildman–Crippen MR) is 161 cm³/mol. The Balaban J connectivity index is 1.60. The van der Waals surface area contributed by atoms with Crippen LogP contribution in [0.4, 0.5) is 34.6 Å². The first-order valence-corrected chi connectivity index (χ1v) is 13.5. The maximum absolute atomic E-state index is 11.1. The normalized spacial score (nSPS) is 12.4. The summed E-state index contributed by atoms with van der Waals surface area (Å²) in [6.45, 7) is 11.4. The second-order valence-corrected chi connectivity index (χ2v) is 11.8. The molecule has 20 nitrogen and oxygen atoms in total. The third kappa shape index (κ3) is 6.30. The molecule has 236 valence electrons. The zero-order valence-corrected chi connectivity index (χ0v) is 25.6. The highest BCUT2D eigenvalue weighted by Crippen LogP contribution is 2.39. The van der Waals surface area contributed by atoms with E-state index in [4.69, 9.17) is 16.6 Å². The van der Waals surface area contributed by atoms with Crippen molar-refractivity contribution >= 4 is 40.6 Å². The van der Waals surface area contributed by atoms with E-state index < -0.39 is 22.8 Å². The first-order valence-electron chi connectivity index (χ1n) is 13.5. The molecular formula is C26H29N17O3. The fourth-order valence-corrected chi connectivity index (χ4v) is 3.92. The van der Waals surface area contributed by atoms with Crippen molar-refractivity contribution in [3.05, 3.63) is 48.1 Å². The summed E-state index contributed by atoms with van der Waals surface area (Å²) in [5.41, 5.74) is 12.9. The van der Waals surface area contributed by atoms with Crippen molar-refractivity contribution in [3.8, 4) is 17.9 Å². The Morgan fingerprint density at radius 2 is 1.24 bits per heavy atom. The molecule has 0 aromatic carbocycles. The van der Waals surface area contributed by atoms with Gasteiger partial charge in [0.1, 0.15) is 0 Å². The number of hydrogen-bond donors (Lipinski definition) is 4. The Bertz CT molecular complexity index is 1970. The van der Waals surface area contributed by atoms with Crippen molar-refractivity contribution < 1.29 is 15.0 Å². The van der Waals surface area contributed by atoms with Crippen LogP contribution in [0.25, 0.3) is 11.9 Å². The number of carboxylic acid groups (broad SMARTS) is 1. The van der Waals surface area contributed by atoms with Crippen LogP contribution < -0.4 is 11.5 Å². The van der Waals surface area contributed by atoms with Gasteiger partial charge in [-0.1, -0.05) is 41.5 Å². The number of nitrogens with zero attached hydrogens (tertiary/aromatic N) is 15. The number of hydrogen-bond acceptors (Lipinski definition) is 17. The van der Waals surface area contributed by atoms with Gasteiger partial charge in [-0.15, -0.1) is 20.5 Å². The summed E-state index contributed by atoms with van der Waals surface area (Å²) >= 11 is 0. The van der Waals surface area contributed by atoms with E-state index in [9.17, 15) is 9.90 Å². The maximum Gasteiger partial charge on any atom is 0.356 e. The highest BCUT2D eigenvalue weighted by molar-refractivity contribution is 5.84. The molecule has 0 bridgehead atoms. The molecular weight excluding hydrogens is 598 g/mol. The van der Waals surface area contributed by atoms with Crippen molar-refractivity contribution in [2.24, 2.45) is 20.5 Å². The average Bonchev–Trinajstić information content (AvgIpc) is 3.52. The minimum atomic E-state index is -1.23. The molecule has 46 heavy (non-hydrogen) atoms. The lowest BCUT2D eigenvalue weighted by Gasteiger charge is -2.15. The second kappa shape index (κ2) is 11.6. The van der Waals surface area contributed by atoms with Crippen molar-refractivity contribution in [3.63, 3.8) is 0 Å². The van der Waals surface area contributed by atoms with Gasteiger partial charge in [0.05, 0.1) is 30.0 Å². The SMILES string of the molecule is CC(C)(C)c1nn(-c2nc(O)nc(-n3nc(C(C)(C)C)c(N=Nc4cnc(C(=O)O)cn4)c3N)n2)c(N)c1N=Nc1cnccn1. The molecule has 20 heteroatoms. The fourth-order valence-electron chi connectivity index (χ4n) is 3.92. The molecule has 5 aromatic heterocycles. The molecule has 0 aliphatic heterocycles. The number of azo groups is 2. The van der Waals surface area contributed by atoms with E-state index in [0.29, 0.717) is 11.4 Å². The quantitative estimate of drug-likeness (QED) is 0.187. The average molecular weight is 628 g/mol. The van der Waals surface area contributed by atoms with Gasteiger partial charge in [-0.25, -0.2) is 19.7 Å². The van der Waals surface area contributed by atoms with Gasteiger partial charge in [0.2, 0.25) is 0 Å². The van der Waals surface area contributed by atoms with E-state index in [1.165, 1.54) is 23.3 Å². The van der Waals surface area contributed by atoms with Gasteiger partial charge in [0.15, 0.2) is 40.3 Å². The van der Waals surface area contributed by atoms with Gasteiger partial charge in [0.25, 0.3) is 11.9 Å². The van der Waals surface area contributed by atoms with E-state index in [0.717, 1.165) is 17.1 Å². The van der Waals surface area contributed by atoms with Crippen LogP contribution in [0.2, 0.25) is 0 Å². The van der Waals surface area contributed by atoms with Gasteiger partial charge in [-0.2, -0.15) is 34.5 Å². The molecule has 0 fully saturated rings. The highest BCUT2D eigenvalue weighted by atomic mass is 16.4. The van der Waals surface area contributed by atoms with E-state index in [-0.39, 0.29) is 52.2 Å². The fraction of sp³-hybridized carbons (Fsp3) is 0.308. The van der Waals surface area contributed by atoms with E-state index in [1.54, 1.807) is 0 Å². The molecule has 0 saturated heterocycles. The van der Waals surface area contributed by atoms with E-state index >= 15 is 0 Å². The molecule has 0 unspecified atom stereocenters. The molecule has 5 aromatic rings. The molecule has 0 atom stereocenters. The molecule has 0 aliphatic rings. The van der Waals surface area contributed by atoms with Crippen LogP contribution in [0.3, 0.4) is 0 Å². The smallest absolute Gasteiger partial charge is 0.356 e. The lowest BCUT2D eigenvalue weighted by Crippen LogP contribution is -2.16. The highest BCUT2D eigenvalue weighted by Gasteiger charge is 2.30. The van der Waals surface area contributed by atoms with Gasteiger partial charge in [-0.05, 0) is 0 Å². The van der Waals surface area contributed by atoms with Crippen molar-refractivity contribution in [2.75, 3.05) is 11.5 Å². The summed E-state index contributed by atoms with van der Waals surface area (Å²) in [5, 5.41) is 45.5. The lowest BCUT2D eigenvalue weighted by molar-refractivity contribution is 0.0690. The summed E-state index contributed by atoms with van der Waals surface area (Å²) in [5.74, 6) is -1.26. The molecule has 5 rings (SSSR count). The Kier molecular flexibility index (Phi) is 7.86. The Hall–Kier alpha value is -6.34. The summed E-state index contributed by atoms with van der Waals surface area (Å²) in [6, 6.07) is -0.667. The first kappa shape index (κ1) is 31.1. The van der Waals surface area contributed by atoms with Crippen LogP contribution in [0.5, 0.6) is 6.01 Å². The third-order valence-electron chi connectivity index (χ3n) is 6.10. The lowest BCUT2D eigenvalue weighted by atomic mass is 9.91. The Morgan fingerprint density at radius 1 is 0.717 bits per heavy atom. The monoisotopic (exact) mass is 627 g/mol. The zero-order valence-electron chi connectivity index (χ0n) is 25.6. The predicted octanol–water partition coefficient (Wildman–Crippen LogP) is 3.82. The summed E-state index contributed by atoms with van der Waals surface area (Å²) in [7, 11) is 0. The molecule has 0 spiro atoms. The Labute approximate surface area is 260 Å². The van der Waals surface area contributed by atoms with Crippen LogP contribution in [0, 0.1) is 0 Å².